The number of benzene rings is 2. The number of nitrogens with one attached hydrogen (secondary N) is 2. The second kappa shape index (κ2) is 9.68. The molecule has 0 radical (unpaired) electrons. The van der Waals surface area contributed by atoms with Crippen LogP contribution in [0.4, 0.5) is 30.5 Å². The fraction of sp³-hybridized carbons (Fsp3) is 0.217. The molecule has 4 rings (SSSR count). The Labute approximate surface area is 193 Å². The van der Waals surface area contributed by atoms with E-state index in [1.807, 2.05) is 6.08 Å². The minimum Gasteiger partial charge on any atom is -0.456 e. The molecule has 1 aliphatic heterocycles. The highest BCUT2D eigenvalue weighted by molar-refractivity contribution is 6.32. The monoisotopic (exact) mass is 475 g/mol. The minimum absolute atomic E-state index is 0.0391. The lowest BCUT2D eigenvalue weighted by Gasteiger charge is -2.14. The molecule has 0 unspecified atom stereocenters. The molecule has 2 heterocycles. The summed E-state index contributed by atoms with van der Waals surface area (Å²) in [6.07, 6.45) is 0.684. The number of anilines is 3. The Kier molecular flexibility index (Phi) is 6.71. The number of fused-ring (bicyclic) bond motifs is 1. The van der Waals surface area contributed by atoms with E-state index >= 15 is 0 Å². The van der Waals surface area contributed by atoms with Gasteiger partial charge in [0.15, 0.2) is 0 Å². The van der Waals surface area contributed by atoms with Crippen molar-refractivity contribution in [1.82, 2.24) is 9.97 Å². The van der Waals surface area contributed by atoms with E-state index in [1.54, 1.807) is 18.2 Å². The summed E-state index contributed by atoms with van der Waals surface area (Å²) < 4.78 is 44.4. The van der Waals surface area contributed by atoms with Crippen molar-refractivity contribution in [3.8, 4) is 11.5 Å². The lowest BCUT2D eigenvalue weighted by atomic mass is 10.1. The molecule has 0 fully saturated rings. The van der Waals surface area contributed by atoms with Gasteiger partial charge in [-0.1, -0.05) is 23.2 Å². The van der Waals surface area contributed by atoms with Crippen molar-refractivity contribution in [3.05, 3.63) is 70.5 Å². The van der Waals surface area contributed by atoms with Gasteiger partial charge in [-0.05, 0) is 61.9 Å². The Morgan fingerprint density at radius 3 is 2.76 bits per heavy atom. The molecule has 4 N–H and O–H groups in total. The second-order valence-electron chi connectivity index (χ2n) is 7.40. The summed E-state index contributed by atoms with van der Waals surface area (Å²) in [5.74, 6) is 1.58. The molecule has 0 amide bonds. The summed E-state index contributed by atoms with van der Waals surface area (Å²) in [5, 5.41) is 6.75. The maximum absolute atomic E-state index is 12.9. The summed E-state index contributed by atoms with van der Waals surface area (Å²) in [4.78, 5) is 8.67. The Bertz CT molecular complexity index is 1180. The van der Waals surface area contributed by atoms with Crippen LogP contribution in [-0.4, -0.2) is 23.1 Å². The van der Waals surface area contributed by atoms with Crippen molar-refractivity contribution in [1.29, 1.82) is 0 Å². The van der Waals surface area contributed by atoms with Gasteiger partial charge >= 0.3 is 6.18 Å². The number of alkyl halides is 3. The zero-order chi connectivity index (χ0) is 23.4. The van der Waals surface area contributed by atoms with Gasteiger partial charge in [0.1, 0.15) is 29.5 Å². The highest BCUT2D eigenvalue weighted by Crippen LogP contribution is 2.36. The summed E-state index contributed by atoms with van der Waals surface area (Å²) in [7, 11) is 0. The largest absolute Gasteiger partial charge is 0.456 e. The van der Waals surface area contributed by atoms with E-state index in [2.05, 4.69) is 20.6 Å². The summed E-state index contributed by atoms with van der Waals surface area (Å²) in [5.41, 5.74) is 7.57. The van der Waals surface area contributed by atoms with Crippen LogP contribution in [0.3, 0.4) is 0 Å². The zero-order valence-electron chi connectivity index (χ0n) is 17.4. The fourth-order valence-corrected chi connectivity index (χ4v) is 3.65. The number of nitrogens with zero attached hydrogens (tertiary/aromatic N) is 2. The van der Waals surface area contributed by atoms with Crippen molar-refractivity contribution >= 4 is 35.0 Å². The molecule has 0 atom stereocenters. The number of hydrogen-bond acceptors (Lipinski definition) is 6. The Balaban J connectivity index is 1.56. The first-order chi connectivity index (χ1) is 15.8. The van der Waals surface area contributed by atoms with Crippen LogP contribution in [0.2, 0.25) is 5.02 Å². The normalized spacial score (nSPS) is 13.4. The molecule has 0 saturated heterocycles. The predicted molar refractivity (Wildman–Crippen MR) is 123 cm³/mol. The average Bonchev–Trinajstić information content (AvgIpc) is 2.98. The smallest absolute Gasteiger partial charge is 0.416 e. The third-order valence-corrected chi connectivity index (χ3v) is 5.32. The van der Waals surface area contributed by atoms with Crippen LogP contribution >= 0.6 is 11.6 Å². The summed E-state index contributed by atoms with van der Waals surface area (Å²) >= 11 is 6.35. The van der Waals surface area contributed by atoms with Gasteiger partial charge in [0.25, 0.3) is 0 Å². The van der Waals surface area contributed by atoms with Crippen molar-refractivity contribution in [2.75, 3.05) is 23.7 Å². The molecular formula is C23H21ClF3N5O. The van der Waals surface area contributed by atoms with E-state index in [-0.39, 0.29) is 16.5 Å². The van der Waals surface area contributed by atoms with Crippen molar-refractivity contribution in [2.24, 2.45) is 5.73 Å². The molecule has 33 heavy (non-hydrogen) atoms. The number of aromatic nitrogens is 2. The van der Waals surface area contributed by atoms with Gasteiger partial charge < -0.3 is 21.1 Å². The molecule has 10 heteroatoms. The molecule has 0 spiro atoms. The topological polar surface area (TPSA) is 85.1 Å². The van der Waals surface area contributed by atoms with Crippen LogP contribution in [0.5, 0.6) is 11.5 Å². The predicted octanol–water partition coefficient (Wildman–Crippen LogP) is 6.23. The van der Waals surface area contributed by atoms with Crippen molar-refractivity contribution in [3.63, 3.8) is 0 Å². The van der Waals surface area contributed by atoms with Gasteiger partial charge in [0, 0.05) is 12.2 Å². The highest BCUT2D eigenvalue weighted by atomic mass is 35.5. The van der Waals surface area contributed by atoms with Gasteiger partial charge in [0.05, 0.1) is 16.1 Å². The quantitative estimate of drug-likeness (QED) is 0.391. The van der Waals surface area contributed by atoms with E-state index in [9.17, 15) is 13.2 Å². The van der Waals surface area contributed by atoms with Gasteiger partial charge in [0.2, 0.25) is 0 Å². The number of rotatable bonds is 6. The first-order valence-electron chi connectivity index (χ1n) is 10.2. The molecule has 1 aliphatic rings. The average molecular weight is 476 g/mol. The van der Waals surface area contributed by atoms with E-state index in [1.165, 1.54) is 24.0 Å². The molecule has 0 saturated carbocycles. The van der Waals surface area contributed by atoms with Crippen molar-refractivity contribution < 1.29 is 17.9 Å². The van der Waals surface area contributed by atoms with Crippen LogP contribution in [0, 0.1) is 0 Å². The molecule has 0 aliphatic carbocycles. The molecular weight excluding hydrogens is 455 g/mol. The molecule has 2 aromatic carbocycles. The van der Waals surface area contributed by atoms with E-state index in [0.717, 1.165) is 42.9 Å². The van der Waals surface area contributed by atoms with Crippen LogP contribution in [0.25, 0.3) is 6.08 Å². The van der Waals surface area contributed by atoms with E-state index in [4.69, 9.17) is 22.1 Å². The summed E-state index contributed by atoms with van der Waals surface area (Å²) in [6.45, 7) is 1.31. The van der Waals surface area contributed by atoms with Gasteiger partial charge in [-0.3, -0.25) is 0 Å². The second-order valence-corrected chi connectivity index (χ2v) is 7.81. The number of halogens is 4. The van der Waals surface area contributed by atoms with Gasteiger partial charge in [-0.2, -0.15) is 13.2 Å². The van der Waals surface area contributed by atoms with Crippen LogP contribution in [-0.2, 0) is 6.18 Å². The Hall–Kier alpha value is -3.30. The highest BCUT2D eigenvalue weighted by Gasteiger charge is 2.30. The van der Waals surface area contributed by atoms with Gasteiger partial charge in [-0.15, -0.1) is 0 Å². The molecule has 1 aromatic heterocycles. The van der Waals surface area contributed by atoms with Gasteiger partial charge in [-0.25, -0.2) is 9.97 Å². The Morgan fingerprint density at radius 2 is 2.00 bits per heavy atom. The summed E-state index contributed by atoms with van der Waals surface area (Å²) in [6, 6.07) is 9.53. The van der Waals surface area contributed by atoms with Crippen LogP contribution in [0.15, 0.2) is 54.4 Å². The lowest BCUT2D eigenvalue weighted by Crippen LogP contribution is -2.06. The maximum atomic E-state index is 12.9. The third-order valence-electron chi connectivity index (χ3n) is 5.02. The number of hydrogen-bond donors (Lipinski definition) is 3. The van der Waals surface area contributed by atoms with Crippen LogP contribution < -0.4 is 21.1 Å². The minimum atomic E-state index is -4.46. The lowest BCUT2D eigenvalue weighted by molar-refractivity contribution is -0.137. The van der Waals surface area contributed by atoms with Crippen molar-refractivity contribution in [2.45, 2.75) is 19.0 Å². The number of ether oxygens (including phenoxy) is 1. The fourth-order valence-electron chi connectivity index (χ4n) is 3.43. The maximum Gasteiger partial charge on any atom is 0.416 e. The van der Waals surface area contributed by atoms with E-state index < -0.39 is 11.7 Å². The number of nitrogens with two attached hydrogens (primary N) is 1. The standard InChI is InChI=1S/C23H21ClF3N5O/c24-19-12-16(4-5-20(19)33-17-3-1-2-15(11-17)23(25,26)27)32-22-18-10-14(6-8-28)7-9-29-21(18)30-13-31-22/h1-5,10-13H,6-9,28H2,(H2,29,30,31,32). The SMILES string of the molecule is NCCC1=Cc2c(ncnc2Nc2ccc(Oc3cccc(C(F)(F)F)c3)c(Cl)c2)NCC1. The zero-order valence-corrected chi connectivity index (χ0v) is 18.2. The first kappa shape index (κ1) is 22.9. The molecule has 3 aromatic rings. The molecule has 6 nitrogen and oxygen atoms in total. The van der Waals surface area contributed by atoms with Crippen LogP contribution in [0.1, 0.15) is 24.0 Å². The molecule has 172 valence electrons. The first-order valence-corrected chi connectivity index (χ1v) is 10.6. The van der Waals surface area contributed by atoms with E-state index in [0.29, 0.717) is 18.1 Å². The third kappa shape index (κ3) is 5.55. The molecule has 0 bridgehead atoms. The Morgan fingerprint density at radius 1 is 1.15 bits per heavy atom.